The molecule has 0 saturated carbocycles. The maximum absolute atomic E-state index is 15.1. The smallest absolute Gasteiger partial charge is 0.346 e. The molecule has 0 heterocycles. The Kier molecular flexibility index (Phi) is 16.5. The maximum atomic E-state index is 15.1. The number of benzene rings is 6. The third kappa shape index (κ3) is 13.7. The molecule has 0 saturated heterocycles. The Bertz CT molecular complexity index is 2460. The van der Waals surface area contributed by atoms with Crippen molar-refractivity contribution < 1.29 is 56.4 Å². The first-order valence-electron chi connectivity index (χ1n) is 20.9. The summed E-state index contributed by atoms with van der Waals surface area (Å²) in [6.45, 7) is 5.51. The van der Waals surface area contributed by atoms with Crippen LogP contribution in [0.5, 0.6) is 34.5 Å². The Hall–Kier alpha value is -7.60. The van der Waals surface area contributed by atoms with Crippen molar-refractivity contribution in [2.45, 2.75) is 52.4 Å². The van der Waals surface area contributed by atoms with Gasteiger partial charge in [0.25, 0.3) is 0 Å². The number of unbranched alkanes of at least 4 members (excludes halogenated alkanes) is 4. The molecule has 64 heavy (non-hydrogen) atoms. The Morgan fingerprint density at radius 3 is 1.20 bits per heavy atom. The summed E-state index contributed by atoms with van der Waals surface area (Å²) < 4.78 is 62.8. The van der Waals surface area contributed by atoms with Gasteiger partial charge in [0.15, 0.2) is 0 Å². The third-order valence-corrected chi connectivity index (χ3v) is 9.58. The Morgan fingerprint density at radius 1 is 0.438 bits per heavy atom. The summed E-state index contributed by atoms with van der Waals surface area (Å²) in [5.41, 5.74) is 0.663. The van der Waals surface area contributed by atoms with Crippen molar-refractivity contribution in [3.05, 3.63) is 167 Å². The second kappa shape index (κ2) is 23.0. The fourth-order valence-electron chi connectivity index (χ4n) is 6.17. The molecule has 0 bridgehead atoms. The maximum Gasteiger partial charge on any atom is 0.346 e. The first kappa shape index (κ1) is 45.9. The van der Waals surface area contributed by atoms with Crippen molar-refractivity contribution in [1.29, 1.82) is 0 Å². The molecular formula is C52H46F2O10. The van der Waals surface area contributed by atoms with Gasteiger partial charge in [-0.1, -0.05) is 75.9 Å². The lowest BCUT2D eigenvalue weighted by atomic mass is 10.1. The van der Waals surface area contributed by atoms with Crippen molar-refractivity contribution in [2.75, 3.05) is 13.2 Å². The van der Waals surface area contributed by atoms with Gasteiger partial charge < -0.3 is 28.4 Å². The van der Waals surface area contributed by atoms with Gasteiger partial charge in [0, 0.05) is 24.3 Å². The van der Waals surface area contributed by atoms with Crippen LogP contribution >= 0.6 is 0 Å². The van der Waals surface area contributed by atoms with Crippen LogP contribution in [0.3, 0.4) is 0 Å². The zero-order valence-corrected chi connectivity index (χ0v) is 35.4. The summed E-state index contributed by atoms with van der Waals surface area (Å²) in [5, 5.41) is 1.17. The van der Waals surface area contributed by atoms with E-state index in [1.54, 1.807) is 72.8 Å². The van der Waals surface area contributed by atoms with E-state index in [1.807, 2.05) is 0 Å². The van der Waals surface area contributed by atoms with Gasteiger partial charge >= 0.3 is 23.9 Å². The van der Waals surface area contributed by atoms with E-state index in [0.29, 0.717) is 24.0 Å². The standard InChI is InChI=1S/C52H46F2O10/c1-3-5-7-29-59-39-17-9-35(10-18-39)13-27-49(55)61-43-23-25-45(47(53)33-43)51(57)63-41-21-15-37-16-22-42(32-38(37)31-41)64-52(58)46-26-24-44(34-48(46)54)62-50(56)28-14-36-11-19-40(20-12-36)60-30-8-6-4-2/h9-28,31-34H,3-8,29-30H2,1-2H3/b27-13+,28-14+. The number of carbonyl (C=O) groups excluding carboxylic acids is 4. The molecular weight excluding hydrogens is 823 g/mol. The number of hydrogen-bond acceptors (Lipinski definition) is 10. The van der Waals surface area contributed by atoms with Crippen LogP contribution in [0.1, 0.15) is 84.2 Å². The van der Waals surface area contributed by atoms with Crippen molar-refractivity contribution in [1.82, 2.24) is 0 Å². The zero-order chi connectivity index (χ0) is 45.3. The molecule has 6 aromatic rings. The second-order valence-electron chi connectivity index (χ2n) is 14.5. The number of carbonyl (C=O) groups is 4. The van der Waals surface area contributed by atoms with E-state index in [9.17, 15) is 19.2 Å². The number of ether oxygens (including phenoxy) is 6. The van der Waals surface area contributed by atoms with E-state index < -0.39 is 46.6 Å². The number of fused-ring (bicyclic) bond motifs is 1. The molecule has 12 heteroatoms. The molecule has 0 amide bonds. The summed E-state index contributed by atoms with van der Waals surface area (Å²) in [7, 11) is 0. The fraction of sp³-hybridized carbons (Fsp3) is 0.192. The van der Waals surface area contributed by atoms with Gasteiger partial charge in [0.2, 0.25) is 0 Å². The third-order valence-electron chi connectivity index (χ3n) is 9.58. The second-order valence-corrected chi connectivity index (χ2v) is 14.5. The van der Waals surface area contributed by atoms with E-state index in [0.717, 1.165) is 85.4 Å². The number of rotatable bonds is 20. The lowest BCUT2D eigenvalue weighted by Crippen LogP contribution is -2.12. The highest BCUT2D eigenvalue weighted by Crippen LogP contribution is 2.28. The molecule has 0 fully saturated rings. The summed E-state index contributed by atoms with van der Waals surface area (Å²) in [6.07, 6.45) is 11.9. The van der Waals surface area contributed by atoms with E-state index in [2.05, 4.69) is 13.8 Å². The summed E-state index contributed by atoms with van der Waals surface area (Å²) >= 11 is 0. The van der Waals surface area contributed by atoms with Gasteiger partial charge in [-0.2, -0.15) is 0 Å². The highest BCUT2D eigenvalue weighted by molar-refractivity contribution is 5.95. The minimum absolute atomic E-state index is 0.0591. The molecule has 0 aromatic heterocycles. The summed E-state index contributed by atoms with van der Waals surface area (Å²) in [5.74, 6) is -4.11. The normalized spacial score (nSPS) is 11.1. The molecule has 0 N–H and O–H groups in total. The lowest BCUT2D eigenvalue weighted by molar-refractivity contribution is -0.129. The molecule has 0 radical (unpaired) electrons. The van der Waals surface area contributed by atoms with Crippen LogP contribution in [-0.2, 0) is 9.59 Å². The average molecular weight is 869 g/mol. The molecule has 0 spiro atoms. The van der Waals surface area contributed by atoms with Gasteiger partial charge in [-0.15, -0.1) is 0 Å². The van der Waals surface area contributed by atoms with Gasteiger partial charge in [-0.3, -0.25) is 0 Å². The van der Waals surface area contributed by atoms with Crippen molar-refractivity contribution >= 4 is 46.8 Å². The largest absolute Gasteiger partial charge is 0.494 e. The molecule has 6 rings (SSSR count). The van der Waals surface area contributed by atoms with Crippen LogP contribution in [0.15, 0.2) is 133 Å². The van der Waals surface area contributed by atoms with E-state index >= 15 is 8.78 Å². The van der Waals surface area contributed by atoms with Crippen LogP contribution in [0.4, 0.5) is 8.78 Å². The molecule has 0 aliphatic carbocycles. The minimum atomic E-state index is -1.01. The van der Waals surface area contributed by atoms with Crippen molar-refractivity contribution in [3.8, 4) is 34.5 Å². The Labute approximate surface area is 369 Å². The quantitative estimate of drug-likeness (QED) is 0.0317. The molecule has 0 aliphatic rings. The SMILES string of the molecule is CCCCCOc1ccc(/C=C/C(=O)Oc2ccc(C(=O)Oc3ccc4ccc(OC(=O)c5ccc(OC(=O)/C=C/c6ccc(OCCCCC)cc6)cc5F)cc4c3)c(F)c2)cc1. The van der Waals surface area contributed by atoms with E-state index in [4.69, 9.17) is 28.4 Å². The zero-order valence-electron chi connectivity index (χ0n) is 35.4. The van der Waals surface area contributed by atoms with Crippen molar-refractivity contribution in [2.24, 2.45) is 0 Å². The fourth-order valence-corrected chi connectivity index (χ4v) is 6.17. The van der Waals surface area contributed by atoms with Gasteiger partial charge in [0.05, 0.1) is 24.3 Å². The molecule has 10 nitrogen and oxygen atoms in total. The number of esters is 4. The lowest BCUT2D eigenvalue weighted by Gasteiger charge is -2.10. The van der Waals surface area contributed by atoms with Crippen LogP contribution < -0.4 is 28.4 Å². The number of hydrogen-bond donors (Lipinski definition) is 0. The molecule has 0 unspecified atom stereocenters. The Balaban J connectivity index is 0.996. The van der Waals surface area contributed by atoms with Gasteiger partial charge in [0.1, 0.15) is 46.1 Å². The topological polar surface area (TPSA) is 124 Å². The van der Waals surface area contributed by atoms with Crippen LogP contribution in [0.25, 0.3) is 22.9 Å². The van der Waals surface area contributed by atoms with E-state index in [-0.39, 0.29) is 23.0 Å². The van der Waals surface area contributed by atoms with Crippen LogP contribution in [0, 0.1) is 11.6 Å². The first-order valence-corrected chi connectivity index (χ1v) is 20.9. The average Bonchev–Trinajstić information content (AvgIpc) is 3.28. The molecule has 0 aliphatic heterocycles. The van der Waals surface area contributed by atoms with Gasteiger partial charge in [-0.05, 0) is 120 Å². The van der Waals surface area contributed by atoms with Crippen LogP contribution in [-0.4, -0.2) is 37.1 Å². The van der Waals surface area contributed by atoms with E-state index in [1.165, 1.54) is 48.6 Å². The van der Waals surface area contributed by atoms with Crippen molar-refractivity contribution in [3.63, 3.8) is 0 Å². The monoisotopic (exact) mass is 868 g/mol. The highest BCUT2D eigenvalue weighted by atomic mass is 19.1. The molecule has 0 atom stereocenters. The molecule has 328 valence electrons. The molecule has 6 aromatic carbocycles. The van der Waals surface area contributed by atoms with Crippen LogP contribution in [0.2, 0.25) is 0 Å². The summed E-state index contributed by atoms with van der Waals surface area (Å²) in [4.78, 5) is 50.8. The predicted octanol–water partition coefficient (Wildman–Crippen LogP) is 11.9. The highest BCUT2D eigenvalue weighted by Gasteiger charge is 2.18. The first-order chi connectivity index (χ1) is 31.1. The van der Waals surface area contributed by atoms with Gasteiger partial charge in [-0.25, -0.2) is 28.0 Å². The Morgan fingerprint density at radius 2 is 0.812 bits per heavy atom. The minimum Gasteiger partial charge on any atom is -0.494 e. The number of halogens is 2. The predicted molar refractivity (Wildman–Crippen MR) is 239 cm³/mol. The summed E-state index contributed by atoms with van der Waals surface area (Å²) in [6, 6.07) is 30.3.